The molecule has 0 saturated heterocycles. The third-order valence-electron chi connectivity index (χ3n) is 7.69. The molecule has 2 aromatic carbocycles. The van der Waals surface area contributed by atoms with E-state index in [9.17, 15) is 38.7 Å². The van der Waals surface area contributed by atoms with Gasteiger partial charge in [0.25, 0.3) is 12.9 Å². The van der Waals surface area contributed by atoms with Crippen LogP contribution >= 0.6 is 0 Å². The van der Waals surface area contributed by atoms with Gasteiger partial charge in [-0.2, -0.15) is 9.59 Å². The molecule has 3 atom stereocenters. The molecule has 60 heavy (non-hydrogen) atoms. The van der Waals surface area contributed by atoms with E-state index in [1.165, 1.54) is 60.7 Å². The third-order valence-corrected chi connectivity index (χ3v) is 7.69. The molecule has 324 valence electrons. The number of carboxylic acids is 4. The molecule has 0 aliphatic heterocycles. The van der Waals surface area contributed by atoms with Crippen molar-refractivity contribution in [1.82, 2.24) is 0 Å². The second-order valence-corrected chi connectivity index (χ2v) is 12.3. The van der Waals surface area contributed by atoms with Crippen LogP contribution in [0.3, 0.4) is 0 Å². The number of rotatable bonds is 16. The number of nitrogens with two attached hydrogens (primary N) is 3. The molecule has 21 nitrogen and oxygen atoms in total. The molecule has 4 rings (SSSR count). The monoisotopic (exact) mass is 843 g/mol. The fraction of sp³-hybridized carbons (Fsp3) is 0.282. The van der Waals surface area contributed by atoms with Gasteiger partial charge < -0.3 is 62.4 Å². The normalized spacial score (nSPS) is 20.6. The van der Waals surface area contributed by atoms with Gasteiger partial charge in [-0.15, -0.1) is 0 Å². The number of hydrogen-bond donors (Lipinski definition) is 10. The summed E-state index contributed by atoms with van der Waals surface area (Å²) in [5.41, 5.74) is 15.2. The van der Waals surface area contributed by atoms with Gasteiger partial charge in [0.2, 0.25) is 5.78 Å². The van der Waals surface area contributed by atoms with E-state index >= 15 is 0 Å². The number of aromatic hydroxyl groups is 1. The number of phenolic OH excluding ortho intramolecular Hbond substituents is 1. The number of phenols is 1. The van der Waals surface area contributed by atoms with Crippen molar-refractivity contribution in [3.63, 3.8) is 0 Å². The van der Waals surface area contributed by atoms with Crippen molar-refractivity contribution in [1.29, 1.82) is 0 Å². The number of carbonyl (C=O) groups is 7. The zero-order chi connectivity index (χ0) is 45.9. The van der Waals surface area contributed by atoms with E-state index < -0.39 is 77.6 Å². The van der Waals surface area contributed by atoms with E-state index in [0.717, 1.165) is 11.1 Å². The van der Waals surface area contributed by atoms with Crippen molar-refractivity contribution in [2.24, 2.45) is 17.2 Å². The van der Waals surface area contributed by atoms with Crippen molar-refractivity contribution in [3.05, 3.63) is 114 Å². The predicted octanol–water partition coefficient (Wildman–Crippen LogP) is -0.980. The van der Waals surface area contributed by atoms with Crippen LogP contribution in [0.15, 0.2) is 103 Å². The standard InChI is InChI=1S/C10H13NO5.C10H10O6.C9H11NO3.C9H11NO2.CO2/c11-8(9(14)15)5-10(16-6-12)3-1-7(13)2-4-10;11-6-16-10(5-8(13)9(14)15)3-1-7(12)2-4-10;10-8(9(12)13)5-6-1-3-7(11)4-2-6;10-8(9(11)12)6-7-4-2-1-3-5-7;2-1-3/h1-4,6-8,13H,5,11H2,(H,14,15);1-4,6-7,12H,5H2,(H,14,15);1-4,8,11H,5,10H2,(H,12,13);1-5,8H,6,10H2,(H,11,12);. The van der Waals surface area contributed by atoms with Gasteiger partial charge in [0, 0.05) is 6.42 Å². The Kier molecular flexibility index (Phi) is 24.2. The average Bonchev–Trinajstić information content (AvgIpc) is 3.19. The fourth-order valence-electron chi connectivity index (χ4n) is 4.65. The molecule has 0 heterocycles. The lowest BCUT2D eigenvalue weighted by Gasteiger charge is -2.29. The molecule has 0 amide bonds. The van der Waals surface area contributed by atoms with Crippen LogP contribution in [0.25, 0.3) is 0 Å². The highest BCUT2D eigenvalue weighted by Crippen LogP contribution is 2.25. The van der Waals surface area contributed by atoms with Crippen molar-refractivity contribution < 1.29 is 88.4 Å². The number of aliphatic hydroxyl groups is 2. The molecule has 0 spiro atoms. The smallest absolute Gasteiger partial charge is 0.373 e. The maximum Gasteiger partial charge on any atom is 0.373 e. The van der Waals surface area contributed by atoms with Crippen LogP contribution in [0.1, 0.15) is 24.0 Å². The number of ether oxygens (including phenoxy) is 2. The summed E-state index contributed by atoms with van der Waals surface area (Å²) >= 11 is 0. The summed E-state index contributed by atoms with van der Waals surface area (Å²) in [5.74, 6) is -5.67. The molecule has 13 N–H and O–H groups in total. The van der Waals surface area contributed by atoms with E-state index in [1.807, 2.05) is 30.3 Å². The Balaban J connectivity index is 0.000000760. The largest absolute Gasteiger partial charge is 0.508 e. The number of aliphatic carboxylic acids is 4. The highest BCUT2D eigenvalue weighted by atomic mass is 16.5. The fourth-order valence-corrected chi connectivity index (χ4v) is 4.65. The van der Waals surface area contributed by atoms with Crippen LogP contribution in [0.2, 0.25) is 0 Å². The number of Topliss-reactive ketones (excluding diaryl/α,β-unsaturated/α-hetero) is 1. The molecule has 21 heteroatoms. The topological polar surface area (TPSA) is 392 Å². The van der Waals surface area contributed by atoms with E-state index in [-0.39, 0.29) is 37.7 Å². The summed E-state index contributed by atoms with van der Waals surface area (Å²) in [6.07, 6.45) is 9.57. The van der Waals surface area contributed by atoms with Crippen LogP contribution in [0.5, 0.6) is 5.75 Å². The van der Waals surface area contributed by atoms with Gasteiger partial charge in [-0.3, -0.25) is 28.8 Å². The third kappa shape index (κ3) is 21.4. The maximum atomic E-state index is 11.0. The molecule has 2 aromatic rings. The SMILES string of the molecule is NC(CC1(OC=O)C=CC(O)C=C1)C(=O)O.NC(Cc1ccc(O)cc1)C(=O)O.NC(Cc1ccccc1)C(=O)O.O=C=O.O=COC1(CC(=O)C(=O)O)C=CC(O)C=C1. The lowest BCUT2D eigenvalue weighted by Crippen LogP contribution is -2.41. The van der Waals surface area contributed by atoms with Gasteiger partial charge in [-0.05, 0) is 60.4 Å². The van der Waals surface area contributed by atoms with Gasteiger partial charge in [-0.25, -0.2) is 4.79 Å². The van der Waals surface area contributed by atoms with E-state index in [2.05, 4.69) is 0 Å². The van der Waals surface area contributed by atoms with Crippen LogP contribution in [-0.4, -0.2) is 126 Å². The first-order valence-corrected chi connectivity index (χ1v) is 17.1. The van der Waals surface area contributed by atoms with Crippen molar-refractivity contribution in [3.8, 4) is 5.75 Å². The number of benzene rings is 2. The lowest BCUT2D eigenvalue weighted by atomic mass is 9.90. The van der Waals surface area contributed by atoms with Gasteiger partial charge >= 0.3 is 30.0 Å². The minimum absolute atomic E-state index is 0.0825. The molecule has 2 aliphatic carbocycles. The number of hydrogen-bond acceptors (Lipinski definition) is 17. The first-order chi connectivity index (χ1) is 28.2. The predicted molar refractivity (Wildman–Crippen MR) is 204 cm³/mol. The molecule has 0 fully saturated rings. The van der Waals surface area contributed by atoms with Crippen molar-refractivity contribution in [2.75, 3.05) is 0 Å². The Morgan fingerprint density at radius 2 is 1.00 bits per heavy atom. The Morgan fingerprint density at radius 1 is 0.633 bits per heavy atom. The van der Waals surface area contributed by atoms with E-state index in [0.29, 0.717) is 6.42 Å². The summed E-state index contributed by atoms with van der Waals surface area (Å²) in [6, 6.07) is 12.8. The van der Waals surface area contributed by atoms with Gasteiger partial charge in [0.05, 0.1) is 18.6 Å². The van der Waals surface area contributed by atoms with E-state index in [4.69, 9.17) is 66.9 Å². The average molecular weight is 844 g/mol. The maximum absolute atomic E-state index is 11.0. The molecule has 0 radical (unpaired) electrons. The van der Waals surface area contributed by atoms with Gasteiger partial charge in [0.15, 0.2) is 11.2 Å². The highest BCUT2D eigenvalue weighted by molar-refractivity contribution is 6.33. The van der Waals surface area contributed by atoms with Crippen LogP contribution in [0.4, 0.5) is 0 Å². The van der Waals surface area contributed by atoms with E-state index in [1.54, 1.807) is 12.1 Å². The minimum Gasteiger partial charge on any atom is -0.508 e. The second-order valence-electron chi connectivity index (χ2n) is 12.3. The zero-order valence-corrected chi connectivity index (χ0v) is 31.5. The van der Waals surface area contributed by atoms with Crippen molar-refractivity contribution in [2.45, 2.75) is 67.2 Å². The number of ketones is 1. The number of carboxylic acid groups (broad SMARTS) is 4. The second kappa shape index (κ2) is 27.5. The summed E-state index contributed by atoms with van der Waals surface area (Å²) in [4.78, 5) is 89.8. The van der Waals surface area contributed by atoms with Crippen molar-refractivity contribution >= 4 is 48.8 Å². The molecule has 0 bridgehead atoms. The summed E-state index contributed by atoms with van der Waals surface area (Å²) in [6.45, 7) is 0.350. The molecule has 3 unspecified atom stereocenters. The van der Waals surface area contributed by atoms with Gasteiger partial charge in [-0.1, -0.05) is 66.8 Å². The Hall–Kier alpha value is -7.13. The molecule has 0 aromatic heterocycles. The van der Waals surface area contributed by atoms with Crippen LogP contribution in [-0.2, 0) is 65.5 Å². The summed E-state index contributed by atoms with van der Waals surface area (Å²) in [7, 11) is 0. The highest BCUT2D eigenvalue weighted by Gasteiger charge is 2.34. The molecule has 2 aliphatic rings. The first-order valence-electron chi connectivity index (χ1n) is 17.1. The number of aliphatic hydroxyl groups excluding tert-OH is 2. The summed E-state index contributed by atoms with van der Waals surface area (Å²) < 4.78 is 9.52. The summed E-state index contributed by atoms with van der Waals surface area (Å²) in [5, 5.41) is 61.5. The Morgan fingerprint density at radius 3 is 1.37 bits per heavy atom. The zero-order valence-electron chi connectivity index (χ0n) is 31.5. The molecule has 0 saturated carbocycles. The quantitative estimate of drug-likeness (QED) is 0.0551. The first kappa shape index (κ1) is 52.9. The minimum atomic E-state index is -1.60. The number of carbonyl (C=O) groups excluding carboxylic acids is 5. The molecular weight excluding hydrogens is 798 g/mol. The lowest BCUT2D eigenvalue weighted by molar-refractivity contribution is -0.192. The van der Waals surface area contributed by atoms with Gasteiger partial charge in [0.1, 0.15) is 23.9 Å². The van der Waals surface area contributed by atoms with Crippen LogP contribution < -0.4 is 17.2 Å². The van der Waals surface area contributed by atoms with Crippen LogP contribution in [0, 0.1) is 0 Å². The molecular formula is C39H45N3O18. The Labute approximate surface area is 341 Å². The Bertz CT molecular complexity index is 1840.